The van der Waals surface area contributed by atoms with Gasteiger partial charge in [-0.25, -0.2) is 4.98 Å². The van der Waals surface area contributed by atoms with E-state index in [0.29, 0.717) is 0 Å². The van der Waals surface area contributed by atoms with Gasteiger partial charge in [0, 0.05) is 25.9 Å². The van der Waals surface area contributed by atoms with Crippen LogP contribution in [-0.2, 0) is 13.5 Å². The highest BCUT2D eigenvalue weighted by Gasteiger charge is 2.15. The highest BCUT2D eigenvalue weighted by atomic mass is 79.9. The molecule has 86 valence electrons. The van der Waals surface area contributed by atoms with E-state index in [9.17, 15) is 0 Å². The molecule has 0 aliphatic rings. The summed E-state index contributed by atoms with van der Waals surface area (Å²) in [6, 6.07) is 4.01. The van der Waals surface area contributed by atoms with E-state index in [1.807, 2.05) is 37.0 Å². The quantitative estimate of drug-likeness (QED) is 0.936. The summed E-state index contributed by atoms with van der Waals surface area (Å²) < 4.78 is 8.31. The third kappa shape index (κ3) is 2.36. The summed E-state index contributed by atoms with van der Waals surface area (Å²) in [5.74, 6) is 1.95. The Morgan fingerprint density at radius 2 is 2.38 bits per heavy atom. The molecule has 0 aromatic carbocycles. The van der Waals surface area contributed by atoms with Crippen molar-refractivity contribution in [3.63, 3.8) is 0 Å². The lowest BCUT2D eigenvalue weighted by Gasteiger charge is -2.13. The van der Waals surface area contributed by atoms with Crippen LogP contribution in [0.4, 0.5) is 0 Å². The van der Waals surface area contributed by atoms with E-state index < -0.39 is 0 Å². The molecule has 0 aliphatic heterocycles. The fourth-order valence-corrected chi connectivity index (χ4v) is 1.96. The molecular weight excluding hydrogens is 270 g/mol. The van der Waals surface area contributed by atoms with Crippen molar-refractivity contribution in [1.82, 2.24) is 14.9 Å². The zero-order valence-electron chi connectivity index (χ0n) is 9.27. The highest BCUT2D eigenvalue weighted by Crippen LogP contribution is 2.22. The third-order valence-electron chi connectivity index (χ3n) is 2.59. The van der Waals surface area contributed by atoms with E-state index in [1.54, 1.807) is 6.20 Å². The first-order chi connectivity index (χ1) is 7.70. The van der Waals surface area contributed by atoms with Gasteiger partial charge in [-0.3, -0.25) is 0 Å². The number of halogens is 1. The zero-order valence-corrected chi connectivity index (χ0v) is 10.9. The second kappa shape index (κ2) is 4.84. The normalized spacial score (nSPS) is 12.9. The Hall–Kier alpha value is -1.07. The van der Waals surface area contributed by atoms with Crippen LogP contribution in [0.25, 0.3) is 0 Å². The van der Waals surface area contributed by atoms with Crippen molar-refractivity contribution in [2.75, 3.05) is 7.05 Å². The lowest BCUT2D eigenvalue weighted by atomic mass is 10.1. The predicted octanol–water partition coefficient (Wildman–Crippen LogP) is 2.28. The standard InChI is InChI=1S/C11H14BrN3O/c1-13-8(9-3-4-10(12)16-9)7-11-14-5-6-15(11)2/h3-6,8,13H,7H2,1-2H3. The Bertz CT molecular complexity index is 463. The molecular formula is C11H14BrN3O. The van der Waals surface area contributed by atoms with E-state index in [2.05, 4.69) is 26.2 Å². The molecule has 1 atom stereocenters. The molecule has 0 saturated carbocycles. The number of imidazole rings is 1. The Kier molecular flexibility index (Phi) is 3.46. The predicted molar refractivity (Wildman–Crippen MR) is 65.1 cm³/mol. The average molecular weight is 284 g/mol. The maximum atomic E-state index is 5.54. The number of nitrogens with zero attached hydrogens (tertiary/aromatic N) is 2. The fourth-order valence-electron chi connectivity index (χ4n) is 1.64. The summed E-state index contributed by atoms with van der Waals surface area (Å²) in [4.78, 5) is 4.31. The monoisotopic (exact) mass is 283 g/mol. The first-order valence-electron chi connectivity index (χ1n) is 5.09. The molecule has 2 aromatic rings. The molecule has 0 radical (unpaired) electrons. The molecule has 0 fully saturated rings. The average Bonchev–Trinajstić information content (AvgIpc) is 2.85. The van der Waals surface area contributed by atoms with Gasteiger partial charge < -0.3 is 14.3 Å². The Morgan fingerprint density at radius 1 is 1.56 bits per heavy atom. The second-order valence-electron chi connectivity index (χ2n) is 3.64. The Morgan fingerprint density at radius 3 is 2.88 bits per heavy atom. The van der Waals surface area contributed by atoms with Gasteiger partial charge >= 0.3 is 0 Å². The maximum absolute atomic E-state index is 5.54. The molecule has 0 bridgehead atoms. The summed E-state index contributed by atoms with van der Waals surface area (Å²) >= 11 is 3.31. The lowest BCUT2D eigenvalue weighted by Crippen LogP contribution is -2.19. The molecule has 0 amide bonds. The van der Waals surface area contributed by atoms with Crippen LogP contribution in [0, 0.1) is 0 Å². The van der Waals surface area contributed by atoms with Crippen LogP contribution in [0.1, 0.15) is 17.6 Å². The van der Waals surface area contributed by atoms with Gasteiger partial charge in [0.1, 0.15) is 11.6 Å². The van der Waals surface area contributed by atoms with Crippen LogP contribution in [0.2, 0.25) is 0 Å². The van der Waals surface area contributed by atoms with Gasteiger partial charge in [-0.15, -0.1) is 0 Å². The molecule has 1 N–H and O–H groups in total. The highest BCUT2D eigenvalue weighted by molar-refractivity contribution is 9.10. The minimum absolute atomic E-state index is 0.146. The SMILES string of the molecule is CNC(Cc1nccn1C)c1ccc(Br)o1. The molecule has 0 aliphatic carbocycles. The van der Waals surface area contributed by atoms with Crippen LogP contribution in [0.15, 0.2) is 33.6 Å². The van der Waals surface area contributed by atoms with Crippen molar-refractivity contribution < 1.29 is 4.42 Å². The summed E-state index contributed by atoms with van der Waals surface area (Å²) in [5, 5.41) is 3.23. The van der Waals surface area contributed by atoms with Crippen LogP contribution in [0.3, 0.4) is 0 Å². The smallest absolute Gasteiger partial charge is 0.169 e. The van der Waals surface area contributed by atoms with Gasteiger partial charge in [0.25, 0.3) is 0 Å². The van der Waals surface area contributed by atoms with Crippen molar-refractivity contribution in [3.8, 4) is 0 Å². The van der Waals surface area contributed by atoms with Crippen LogP contribution < -0.4 is 5.32 Å². The van der Waals surface area contributed by atoms with E-state index in [0.717, 1.165) is 22.7 Å². The van der Waals surface area contributed by atoms with Crippen LogP contribution in [-0.4, -0.2) is 16.6 Å². The van der Waals surface area contributed by atoms with Crippen molar-refractivity contribution in [1.29, 1.82) is 0 Å². The number of aryl methyl sites for hydroxylation is 1. The largest absolute Gasteiger partial charge is 0.453 e. The number of rotatable bonds is 4. The van der Waals surface area contributed by atoms with Gasteiger partial charge in [-0.2, -0.15) is 0 Å². The molecule has 2 heterocycles. The molecule has 1 unspecified atom stereocenters. The van der Waals surface area contributed by atoms with Crippen LogP contribution >= 0.6 is 15.9 Å². The minimum Gasteiger partial charge on any atom is -0.453 e. The van der Waals surface area contributed by atoms with E-state index in [1.165, 1.54) is 0 Å². The number of hydrogen-bond acceptors (Lipinski definition) is 3. The van der Waals surface area contributed by atoms with Gasteiger partial charge in [0.05, 0.1) is 6.04 Å². The molecule has 16 heavy (non-hydrogen) atoms. The van der Waals surface area contributed by atoms with E-state index in [4.69, 9.17) is 4.42 Å². The van der Waals surface area contributed by atoms with E-state index in [-0.39, 0.29) is 6.04 Å². The number of furan rings is 1. The van der Waals surface area contributed by atoms with Crippen molar-refractivity contribution in [2.24, 2.45) is 7.05 Å². The first-order valence-corrected chi connectivity index (χ1v) is 5.88. The summed E-state index contributed by atoms with van der Waals surface area (Å²) in [7, 11) is 3.91. The number of hydrogen-bond donors (Lipinski definition) is 1. The van der Waals surface area contributed by atoms with Crippen molar-refractivity contribution >= 4 is 15.9 Å². The third-order valence-corrected chi connectivity index (χ3v) is 3.02. The molecule has 2 aromatic heterocycles. The van der Waals surface area contributed by atoms with Crippen LogP contribution in [0.5, 0.6) is 0 Å². The van der Waals surface area contributed by atoms with Gasteiger partial charge in [0.2, 0.25) is 0 Å². The molecule has 2 rings (SSSR count). The topological polar surface area (TPSA) is 43.0 Å². The molecule has 0 spiro atoms. The Balaban J connectivity index is 2.15. The van der Waals surface area contributed by atoms with E-state index >= 15 is 0 Å². The van der Waals surface area contributed by atoms with Gasteiger partial charge in [-0.1, -0.05) is 0 Å². The summed E-state index contributed by atoms with van der Waals surface area (Å²) in [6.07, 6.45) is 4.56. The van der Waals surface area contributed by atoms with Gasteiger partial charge in [-0.05, 0) is 35.1 Å². The maximum Gasteiger partial charge on any atom is 0.169 e. The van der Waals surface area contributed by atoms with Gasteiger partial charge in [0.15, 0.2) is 4.67 Å². The molecule has 5 heteroatoms. The Labute approximate surface area is 103 Å². The fraction of sp³-hybridized carbons (Fsp3) is 0.364. The number of nitrogens with one attached hydrogen (secondary N) is 1. The summed E-state index contributed by atoms with van der Waals surface area (Å²) in [5.41, 5.74) is 0. The first kappa shape index (κ1) is 11.4. The zero-order chi connectivity index (χ0) is 11.5. The minimum atomic E-state index is 0.146. The molecule has 0 saturated heterocycles. The lowest BCUT2D eigenvalue weighted by molar-refractivity contribution is 0.410. The van der Waals surface area contributed by atoms with Crippen molar-refractivity contribution in [3.05, 3.63) is 40.8 Å². The van der Waals surface area contributed by atoms with Crippen molar-refractivity contribution in [2.45, 2.75) is 12.5 Å². The number of likely N-dealkylation sites (N-methyl/N-ethyl adjacent to an activating group) is 1. The molecule has 4 nitrogen and oxygen atoms in total. The summed E-state index contributed by atoms with van der Waals surface area (Å²) in [6.45, 7) is 0. The number of aromatic nitrogens is 2. The second-order valence-corrected chi connectivity index (χ2v) is 4.42.